The molecule has 0 saturated carbocycles. The van der Waals surface area contributed by atoms with Gasteiger partial charge in [0.15, 0.2) is 0 Å². The molecule has 0 fully saturated rings. The second kappa shape index (κ2) is 7.18. The topological polar surface area (TPSA) is 60.5 Å². The average molecular weight is 331 g/mol. The van der Waals surface area contributed by atoms with Crippen molar-refractivity contribution >= 4 is 12.0 Å². The highest BCUT2D eigenvalue weighted by molar-refractivity contribution is 5.97. The largest absolute Gasteiger partial charge is 0.497 e. The van der Waals surface area contributed by atoms with E-state index in [0.717, 1.165) is 33.7 Å². The number of methoxy groups -OCH3 is 1. The Balaban J connectivity index is 2.21. The molecule has 1 aromatic heterocycles. The maximum absolute atomic E-state index is 6.26. The van der Waals surface area contributed by atoms with Crippen LogP contribution < -0.4 is 10.5 Å². The van der Waals surface area contributed by atoms with Gasteiger partial charge < -0.3 is 10.5 Å². The van der Waals surface area contributed by atoms with Gasteiger partial charge in [-0.25, -0.2) is 4.98 Å². The molecule has 0 bridgehead atoms. The van der Waals surface area contributed by atoms with Gasteiger partial charge in [0.2, 0.25) is 0 Å². The molecule has 0 amide bonds. The first-order valence-electron chi connectivity index (χ1n) is 8.07. The van der Waals surface area contributed by atoms with Crippen molar-refractivity contribution < 1.29 is 4.74 Å². The Morgan fingerprint density at radius 2 is 1.76 bits per heavy atom. The van der Waals surface area contributed by atoms with Crippen LogP contribution in [0.4, 0.5) is 5.82 Å². The Morgan fingerprint density at radius 1 is 1.04 bits per heavy atom. The van der Waals surface area contributed by atoms with Crippen LogP contribution in [0.3, 0.4) is 0 Å². The number of aromatic nitrogens is 1. The Bertz CT molecular complexity index is 915. The Kier molecular flexibility index (Phi) is 4.80. The van der Waals surface area contributed by atoms with E-state index in [1.165, 1.54) is 5.56 Å². The second-order valence-corrected chi connectivity index (χ2v) is 5.78. The van der Waals surface area contributed by atoms with Gasteiger partial charge in [-0.2, -0.15) is 0 Å². The van der Waals surface area contributed by atoms with Crippen LogP contribution in [0.25, 0.3) is 22.4 Å². The molecule has 0 unspecified atom stereocenters. The molecule has 4 nitrogen and oxygen atoms in total. The van der Waals surface area contributed by atoms with Gasteiger partial charge in [0.05, 0.1) is 12.8 Å². The molecule has 3 aromatic rings. The minimum absolute atomic E-state index is 0.470. The van der Waals surface area contributed by atoms with Crippen LogP contribution in [-0.4, -0.2) is 25.4 Å². The van der Waals surface area contributed by atoms with E-state index in [9.17, 15) is 0 Å². The zero-order valence-electron chi connectivity index (χ0n) is 14.7. The summed E-state index contributed by atoms with van der Waals surface area (Å²) >= 11 is 0. The first-order valence-corrected chi connectivity index (χ1v) is 8.07. The number of aryl methyl sites for hydroxylation is 1. The van der Waals surface area contributed by atoms with E-state index in [4.69, 9.17) is 10.5 Å². The number of rotatable bonds is 4. The van der Waals surface area contributed by atoms with Gasteiger partial charge in [0.25, 0.3) is 0 Å². The van der Waals surface area contributed by atoms with Crippen LogP contribution in [-0.2, 0) is 0 Å². The lowest BCUT2D eigenvalue weighted by Crippen LogP contribution is -2.02. The molecule has 0 aliphatic rings. The predicted octanol–water partition coefficient (Wildman–Crippen LogP) is 4.36. The van der Waals surface area contributed by atoms with E-state index in [1.54, 1.807) is 20.4 Å². The fourth-order valence-electron chi connectivity index (χ4n) is 2.85. The number of pyridine rings is 1. The van der Waals surface area contributed by atoms with Crippen molar-refractivity contribution in [2.45, 2.75) is 6.92 Å². The van der Waals surface area contributed by atoms with Crippen LogP contribution in [0.2, 0.25) is 0 Å². The van der Waals surface area contributed by atoms with Crippen LogP contribution in [0, 0.1) is 6.92 Å². The van der Waals surface area contributed by atoms with Crippen molar-refractivity contribution in [2.24, 2.45) is 4.99 Å². The highest BCUT2D eigenvalue weighted by Gasteiger charge is 2.13. The van der Waals surface area contributed by atoms with E-state index in [2.05, 4.69) is 35.1 Å². The SMILES string of the molecule is CN=Cc1c(-c2ccccc2C)cc(-c2ccc(OC)cc2)nc1N. The number of nitrogens with zero attached hydrogens (tertiary/aromatic N) is 2. The average Bonchev–Trinajstić information content (AvgIpc) is 2.64. The quantitative estimate of drug-likeness (QED) is 0.722. The summed E-state index contributed by atoms with van der Waals surface area (Å²) in [5.41, 5.74) is 12.3. The number of aliphatic imine (C=N–C) groups is 1. The van der Waals surface area contributed by atoms with E-state index >= 15 is 0 Å². The normalized spacial score (nSPS) is 11.0. The third-order valence-corrected chi connectivity index (χ3v) is 4.17. The first kappa shape index (κ1) is 16.7. The van der Waals surface area contributed by atoms with E-state index in [1.807, 2.05) is 36.4 Å². The Morgan fingerprint density at radius 3 is 2.40 bits per heavy atom. The van der Waals surface area contributed by atoms with E-state index in [-0.39, 0.29) is 0 Å². The maximum atomic E-state index is 6.26. The third-order valence-electron chi connectivity index (χ3n) is 4.17. The zero-order valence-corrected chi connectivity index (χ0v) is 14.7. The van der Waals surface area contributed by atoms with Gasteiger partial charge in [0, 0.05) is 24.4 Å². The van der Waals surface area contributed by atoms with Crippen LogP contribution in [0.15, 0.2) is 59.6 Å². The fraction of sp³-hybridized carbons (Fsp3) is 0.143. The zero-order chi connectivity index (χ0) is 17.8. The summed E-state index contributed by atoms with van der Waals surface area (Å²) in [6.45, 7) is 2.09. The highest BCUT2D eigenvalue weighted by atomic mass is 16.5. The molecule has 4 heteroatoms. The van der Waals surface area contributed by atoms with Gasteiger partial charge in [0.1, 0.15) is 11.6 Å². The molecule has 2 N–H and O–H groups in total. The number of ether oxygens (including phenoxy) is 1. The minimum Gasteiger partial charge on any atom is -0.497 e. The predicted molar refractivity (Wildman–Crippen MR) is 104 cm³/mol. The molecule has 2 aromatic carbocycles. The second-order valence-electron chi connectivity index (χ2n) is 5.78. The van der Waals surface area contributed by atoms with Crippen molar-refractivity contribution in [3.8, 4) is 28.1 Å². The molecule has 3 rings (SSSR count). The summed E-state index contributed by atoms with van der Waals surface area (Å²) in [7, 11) is 3.39. The van der Waals surface area contributed by atoms with Crippen molar-refractivity contribution in [1.29, 1.82) is 0 Å². The van der Waals surface area contributed by atoms with E-state index < -0.39 is 0 Å². The smallest absolute Gasteiger partial charge is 0.133 e. The molecule has 0 atom stereocenters. The Labute approximate surface area is 148 Å². The van der Waals surface area contributed by atoms with Gasteiger partial charge in [-0.05, 0) is 53.9 Å². The van der Waals surface area contributed by atoms with Crippen molar-refractivity contribution in [3.63, 3.8) is 0 Å². The lowest BCUT2D eigenvalue weighted by Gasteiger charge is -2.14. The van der Waals surface area contributed by atoms with Crippen LogP contribution in [0.5, 0.6) is 5.75 Å². The molecule has 0 saturated heterocycles. The molecule has 25 heavy (non-hydrogen) atoms. The van der Waals surface area contributed by atoms with Gasteiger partial charge in [-0.1, -0.05) is 24.3 Å². The van der Waals surface area contributed by atoms with Gasteiger partial charge >= 0.3 is 0 Å². The highest BCUT2D eigenvalue weighted by Crippen LogP contribution is 2.32. The summed E-state index contributed by atoms with van der Waals surface area (Å²) in [6, 6.07) is 18.1. The van der Waals surface area contributed by atoms with E-state index in [0.29, 0.717) is 5.82 Å². The summed E-state index contributed by atoms with van der Waals surface area (Å²) in [5, 5.41) is 0. The number of hydrogen-bond acceptors (Lipinski definition) is 4. The lowest BCUT2D eigenvalue weighted by molar-refractivity contribution is 0.415. The standard InChI is InChI=1S/C21H21N3O/c1-14-6-4-5-7-17(14)18-12-20(24-21(22)19(18)13-23-2)15-8-10-16(25-3)11-9-15/h4-13H,1-3H3,(H2,22,24). The summed E-state index contributed by atoms with van der Waals surface area (Å²) in [4.78, 5) is 8.73. The van der Waals surface area contributed by atoms with Gasteiger partial charge in [-0.3, -0.25) is 4.99 Å². The van der Waals surface area contributed by atoms with Gasteiger partial charge in [-0.15, -0.1) is 0 Å². The van der Waals surface area contributed by atoms with Crippen molar-refractivity contribution in [1.82, 2.24) is 4.98 Å². The molecule has 0 aliphatic heterocycles. The Hall–Kier alpha value is -3.14. The minimum atomic E-state index is 0.470. The molecule has 1 heterocycles. The molecule has 0 aliphatic carbocycles. The summed E-state index contributed by atoms with van der Waals surface area (Å²) < 4.78 is 5.23. The fourth-order valence-corrected chi connectivity index (χ4v) is 2.85. The maximum Gasteiger partial charge on any atom is 0.133 e. The van der Waals surface area contributed by atoms with Crippen LogP contribution in [0.1, 0.15) is 11.1 Å². The summed E-state index contributed by atoms with van der Waals surface area (Å²) in [5.74, 6) is 1.28. The first-order chi connectivity index (χ1) is 12.1. The number of benzene rings is 2. The third kappa shape index (κ3) is 3.38. The molecule has 0 spiro atoms. The molecule has 126 valence electrons. The number of nitrogens with two attached hydrogens (primary N) is 1. The monoisotopic (exact) mass is 331 g/mol. The summed E-state index contributed by atoms with van der Waals surface area (Å²) in [6.07, 6.45) is 1.77. The number of hydrogen-bond donors (Lipinski definition) is 1. The van der Waals surface area contributed by atoms with Crippen LogP contribution >= 0.6 is 0 Å². The molecule has 0 radical (unpaired) electrons. The lowest BCUT2D eigenvalue weighted by atomic mass is 9.95. The molecular formula is C21H21N3O. The van der Waals surface area contributed by atoms with Crippen molar-refractivity contribution in [2.75, 3.05) is 19.9 Å². The van der Waals surface area contributed by atoms with Crippen molar-refractivity contribution in [3.05, 3.63) is 65.7 Å². The molecular weight excluding hydrogens is 310 g/mol. The number of anilines is 1. The number of nitrogen functional groups attached to an aromatic ring is 1.